The number of hydrogen-bond donors (Lipinski definition) is 0. The number of thioether (sulfide) groups is 1. The standard InChI is InChI=1S/C20H19NO5S3/c1-4-21-19(22)18(28-20(21)27)12-14-7-10-16(17(11-14)25-3)26-29(23,24)15-8-5-13(2)6-9-15/h5-12H,4H2,1-3H3/b18-12-. The molecule has 0 spiro atoms. The minimum atomic E-state index is -4.00. The van der Waals surface area contributed by atoms with Gasteiger partial charge in [-0.2, -0.15) is 8.42 Å². The van der Waals surface area contributed by atoms with E-state index in [2.05, 4.69) is 0 Å². The average molecular weight is 450 g/mol. The Morgan fingerprint density at radius 1 is 1.14 bits per heavy atom. The highest BCUT2D eigenvalue weighted by Gasteiger charge is 2.30. The molecule has 1 saturated heterocycles. The minimum Gasteiger partial charge on any atom is -0.493 e. The van der Waals surface area contributed by atoms with Gasteiger partial charge < -0.3 is 8.92 Å². The van der Waals surface area contributed by atoms with Gasteiger partial charge in [0.1, 0.15) is 9.22 Å². The van der Waals surface area contributed by atoms with Gasteiger partial charge in [0, 0.05) is 6.54 Å². The number of carbonyl (C=O) groups excluding carboxylic acids is 1. The second-order valence-electron chi connectivity index (χ2n) is 6.19. The fraction of sp³-hybridized carbons (Fsp3) is 0.200. The Balaban J connectivity index is 1.88. The summed E-state index contributed by atoms with van der Waals surface area (Å²) in [5.74, 6) is 0.149. The SMILES string of the molecule is CCN1C(=O)/C(=C/c2ccc(OS(=O)(=O)c3ccc(C)cc3)c(OC)c2)SC1=S. The van der Waals surface area contributed by atoms with Crippen molar-refractivity contribution in [3.63, 3.8) is 0 Å². The number of carbonyl (C=O) groups is 1. The monoisotopic (exact) mass is 449 g/mol. The molecule has 9 heteroatoms. The summed E-state index contributed by atoms with van der Waals surface area (Å²) < 4.78 is 36.2. The Morgan fingerprint density at radius 3 is 2.41 bits per heavy atom. The van der Waals surface area contributed by atoms with E-state index in [1.807, 2.05) is 13.8 Å². The highest BCUT2D eigenvalue weighted by molar-refractivity contribution is 8.26. The van der Waals surface area contributed by atoms with Crippen LogP contribution in [-0.2, 0) is 14.9 Å². The maximum Gasteiger partial charge on any atom is 0.339 e. The Bertz CT molecular complexity index is 1090. The Hall–Kier alpha value is -2.36. The van der Waals surface area contributed by atoms with E-state index in [9.17, 15) is 13.2 Å². The zero-order chi connectivity index (χ0) is 21.2. The molecule has 1 amide bonds. The van der Waals surface area contributed by atoms with Gasteiger partial charge in [0.25, 0.3) is 5.91 Å². The molecule has 152 valence electrons. The maximum absolute atomic E-state index is 12.5. The quantitative estimate of drug-likeness (QED) is 0.375. The molecule has 6 nitrogen and oxygen atoms in total. The van der Waals surface area contributed by atoms with Crippen LogP contribution in [0.4, 0.5) is 0 Å². The van der Waals surface area contributed by atoms with Crippen molar-refractivity contribution in [2.75, 3.05) is 13.7 Å². The van der Waals surface area contributed by atoms with Crippen molar-refractivity contribution in [3.8, 4) is 11.5 Å². The van der Waals surface area contributed by atoms with Crippen molar-refractivity contribution in [1.29, 1.82) is 0 Å². The topological polar surface area (TPSA) is 72.9 Å². The third-order valence-corrected chi connectivity index (χ3v) is 6.81. The van der Waals surface area contributed by atoms with Crippen LogP contribution in [0.15, 0.2) is 52.3 Å². The first-order chi connectivity index (χ1) is 13.7. The van der Waals surface area contributed by atoms with E-state index < -0.39 is 10.1 Å². The van der Waals surface area contributed by atoms with Crippen molar-refractivity contribution >= 4 is 50.4 Å². The minimum absolute atomic E-state index is 0.0532. The lowest BCUT2D eigenvalue weighted by molar-refractivity contribution is -0.121. The van der Waals surface area contributed by atoms with Crippen LogP contribution in [0.5, 0.6) is 11.5 Å². The summed E-state index contributed by atoms with van der Waals surface area (Å²) in [6, 6.07) is 11.1. The van der Waals surface area contributed by atoms with Gasteiger partial charge in [-0.1, -0.05) is 47.7 Å². The van der Waals surface area contributed by atoms with E-state index in [1.54, 1.807) is 30.3 Å². The average Bonchev–Trinajstić information content (AvgIpc) is 2.95. The van der Waals surface area contributed by atoms with Gasteiger partial charge >= 0.3 is 10.1 Å². The van der Waals surface area contributed by atoms with E-state index in [1.165, 1.54) is 42.0 Å². The molecule has 1 aliphatic heterocycles. The number of ether oxygens (including phenoxy) is 1. The van der Waals surface area contributed by atoms with Gasteiger partial charge in [-0.3, -0.25) is 9.69 Å². The second-order valence-corrected chi connectivity index (χ2v) is 9.41. The number of aryl methyl sites for hydroxylation is 1. The summed E-state index contributed by atoms with van der Waals surface area (Å²) >= 11 is 6.44. The highest BCUT2D eigenvalue weighted by Crippen LogP contribution is 2.35. The maximum atomic E-state index is 12.5. The molecule has 0 aliphatic carbocycles. The molecular formula is C20H19NO5S3. The predicted molar refractivity (Wildman–Crippen MR) is 118 cm³/mol. The molecule has 2 aromatic rings. The number of hydrogen-bond acceptors (Lipinski definition) is 7. The van der Waals surface area contributed by atoms with Crippen molar-refractivity contribution in [2.24, 2.45) is 0 Å². The van der Waals surface area contributed by atoms with Crippen molar-refractivity contribution in [2.45, 2.75) is 18.7 Å². The molecule has 0 atom stereocenters. The molecule has 0 bridgehead atoms. The van der Waals surface area contributed by atoms with Gasteiger partial charge in [0.2, 0.25) is 0 Å². The summed E-state index contributed by atoms with van der Waals surface area (Å²) in [7, 11) is -2.58. The molecule has 1 fully saturated rings. The smallest absolute Gasteiger partial charge is 0.339 e. The molecule has 29 heavy (non-hydrogen) atoms. The summed E-state index contributed by atoms with van der Waals surface area (Å²) in [5.41, 5.74) is 1.61. The van der Waals surface area contributed by atoms with Crippen LogP contribution in [0, 0.1) is 6.92 Å². The highest BCUT2D eigenvalue weighted by atomic mass is 32.2. The van der Waals surface area contributed by atoms with E-state index in [0.29, 0.717) is 21.3 Å². The van der Waals surface area contributed by atoms with Gasteiger partial charge in [-0.15, -0.1) is 0 Å². The van der Waals surface area contributed by atoms with E-state index in [4.69, 9.17) is 21.1 Å². The van der Waals surface area contributed by atoms with Crippen LogP contribution in [0.1, 0.15) is 18.1 Å². The number of likely N-dealkylation sites (N-methyl/N-ethyl adjacent to an activating group) is 1. The van der Waals surface area contributed by atoms with Crippen molar-refractivity contribution < 1.29 is 22.1 Å². The molecule has 1 aliphatic rings. The fourth-order valence-electron chi connectivity index (χ4n) is 2.64. The Labute approximate surface area is 179 Å². The van der Waals surface area contributed by atoms with Crippen LogP contribution in [-0.4, -0.2) is 37.2 Å². The summed E-state index contributed by atoms with van der Waals surface area (Å²) in [5, 5.41) is 0. The number of benzene rings is 2. The molecule has 0 aromatic heterocycles. The van der Waals surface area contributed by atoms with Crippen molar-refractivity contribution in [3.05, 3.63) is 58.5 Å². The molecular weight excluding hydrogens is 430 g/mol. The Kier molecular flexibility index (Phi) is 6.30. The Morgan fingerprint density at radius 2 is 1.83 bits per heavy atom. The second kappa shape index (κ2) is 8.56. The van der Waals surface area contributed by atoms with Gasteiger partial charge in [-0.25, -0.2) is 0 Å². The zero-order valence-electron chi connectivity index (χ0n) is 16.0. The summed E-state index contributed by atoms with van der Waals surface area (Å²) in [4.78, 5) is 14.4. The number of nitrogens with zero attached hydrogens (tertiary/aromatic N) is 1. The number of rotatable bonds is 6. The van der Waals surface area contributed by atoms with Gasteiger partial charge in [0.15, 0.2) is 11.5 Å². The van der Waals surface area contributed by atoms with Crippen LogP contribution >= 0.6 is 24.0 Å². The van der Waals surface area contributed by atoms with Crippen LogP contribution in [0.25, 0.3) is 6.08 Å². The first-order valence-electron chi connectivity index (χ1n) is 8.69. The molecule has 0 saturated carbocycles. The number of methoxy groups -OCH3 is 1. The van der Waals surface area contributed by atoms with Crippen molar-refractivity contribution in [1.82, 2.24) is 4.90 Å². The van der Waals surface area contributed by atoms with Crippen LogP contribution < -0.4 is 8.92 Å². The van der Waals surface area contributed by atoms with Gasteiger partial charge in [0.05, 0.1) is 12.0 Å². The fourth-order valence-corrected chi connectivity index (χ4v) is 4.96. The van der Waals surface area contributed by atoms with Crippen LogP contribution in [0.2, 0.25) is 0 Å². The van der Waals surface area contributed by atoms with E-state index >= 15 is 0 Å². The number of amides is 1. The first-order valence-corrected chi connectivity index (χ1v) is 11.3. The molecule has 0 N–H and O–H groups in total. The third kappa shape index (κ3) is 4.63. The first kappa shape index (κ1) is 21.4. The van der Waals surface area contributed by atoms with Crippen LogP contribution in [0.3, 0.4) is 0 Å². The lowest BCUT2D eigenvalue weighted by Crippen LogP contribution is -2.27. The molecule has 1 heterocycles. The van der Waals surface area contributed by atoms with Gasteiger partial charge in [-0.05, 0) is 49.8 Å². The van der Waals surface area contributed by atoms with E-state index in [-0.39, 0.29) is 22.3 Å². The summed E-state index contributed by atoms with van der Waals surface area (Å²) in [6.07, 6.45) is 1.69. The number of thiocarbonyl (C=S) groups is 1. The predicted octanol–water partition coefficient (Wildman–Crippen LogP) is 3.99. The largest absolute Gasteiger partial charge is 0.493 e. The normalized spacial score (nSPS) is 15.8. The molecule has 3 rings (SSSR count). The molecule has 0 radical (unpaired) electrons. The molecule has 0 unspecified atom stereocenters. The van der Waals surface area contributed by atoms with E-state index in [0.717, 1.165) is 5.56 Å². The third-order valence-electron chi connectivity index (χ3n) is 4.18. The lowest BCUT2D eigenvalue weighted by Gasteiger charge is -2.12. The molecule has 2 aromatic carbocycles. The lowest BCUT2D eigenvalue weighted by atomic mass is 10.2. The summed E-state index contributed by atoms with van der Waals surface area (Å²) in [6.45, 7) is 4.24. The zero-order valence-corrected chi connectivity index (χ0v) is 18.5.